The number of carbonyl (C=O) groups is 1. The summed E-state index contributed by atoms with van der Waals surface area (Å²) < 4.78 is 0. The Balaban J connectivity index is 2.50. The third-order valence-electron chi connectivity index (χ3n) is 3.03. The lowest BCUT2D eigenvalue weighted by molar-refractivity contribution is 0.0585. The Labute approximate surface area is 120 Å². The summed E-state index contributed by atoms with van der Waals surface area (Å²) in [5.74, 6) is 0.837. The van der Waals surface area contributed by atoms with Crippen LogP contribution in [0, 0.1) is 5.92 Å². The van der Waals surface area contributed by atoms with Gasteiger partial charge in [0.15, 0.2) is 5.69 Å². The molecule has 1 heterocycles. The van der Waals surface area contributed by atoms with Gasteiger partial charge in [0.25, 0.3) is 5.91 Å². The largest absolute Gasteiger partial charge is 0.388 e. The first-order chi connectivity index (χ1) is 9.34. The van der Waals surface area contributed by atoms with Crippen molar-refractivity contribution in [2.75, 3.05) is 18.9 Å². The fourth-order valence-corrected chi connectivity index (χ4v) is 1.64. The molecule has 1 unspecified atom stereocenters. The summed E-state index contributed by atoms with van der Waals surface area (Å²) in [5.41, 5.74) is -0.518. The number of hydrogen-bond acceptors (Lipinski definition) is 5. The first kappa shape index (κ1) is 16.4. The Kier molecular flexibility index (Phi) is 5.88. The van der Waals surface area contributed by atoms with Gasteiger partial charge < -0.3 is 15.7 Å². The molecule has 6 nitrogen and oxygen atoms in total. The van der Waals surface area contributed by atoms with Gasteiger partial charge in [-0.15, -0.1) is 10.2 Å². The van der Waals surface area contributed by atoms with E-state index in [2.05, 4.69) is 34.7 Å². The van der Waals surface area contributed by atoms with E-state index in [4.69, 9.17) is 0 Å². The molecule has 0 aromatic carbocycles. The van der Waals surface area contributed by atoms with Crippen LogP contribution < -0.4 is 10.6 Å². The molecule has 1 amide bonds. The molecule has 1 aromatic rings. The first-order valence-electron chi connectivity index (χ1n) is 6.86. The molecule has 0 bridgehead atoms. The van der Waals surface area contributed by atoms with E-state index in [1.807, 2.05) is 0 Å². The number of anilines is 1. The highest BCUT2D eigenvalue weighted by molar-refractivity contribution is 5.91. The van der Waals surface area contributed by atoms with Gasteiger partial charge in [0, 0.05) is 13.6 Å². The molecule has 0 aliphatic rings. The summed E-state index contributed by atoms with van der Waals surface area (Å²) in [6, 6.07) is 3.27. The Morgan fingerprint density at radius 2 is 2.10 bits per heavy atom. The fraction of sp³-hybridized carbons (Fsp3) is 0.643. The van der Waals surface area contributed by atoms with Gasteiger partial charge in [-0.3, -0.25) is 4.79 Å². The number of aliphatic hydroxyl groups is 1. The standard InChI is InChI=1S/C14H24N4O2/c1-10(2)7-8-14(3,20)9-16-12-6-5-11(17-18-12)13(19)15-4/h5-6,10,20H,7-9H2,1-4H3,(H,15,19)(H,16,18). The molecule has 0 aliphatic heterocycles. The van der Waals surface area contributed by atoms with E-state index >= 15 is 0 Å². The molecular weight excluding hydrogens is 256 g/mol. The molecule has 3 N–H and O–H groups in total. The predicted octanol–water partition coefficient (Wildman–Crippen LogP) is 1.44. The van der Waals surface area contributed by atoms with Crippen LogP contribution >= 0.6 is 0 Å². The van der Waals surface area contributed by atoms with Crippen molar-refractivity contribution in [2.45, 2.75) is 39.2 Å². The van der Waals surface area contributed by atoms with E-state index < -0.39 is 5.60 Å². The molecule has 0 spiro atoms. The SMILES string of the molecule is CNC(=O)c1ccc(NCC(C)(O)CCC(C)C)nn1. The third kappa shape index (κ3) is 5.52. The molecule has 1 rings (SSSR count). The van der Waals surface area contributed by atoms with Crippen LogP contribution in [-0.4, -0.2) is 40.4 Å². The van der Waals surface area contributed by atoms with Crippen LogP contribution in [0.2, 0.25) is 0 Å². The Bertz CT molecular complexity index is 429. The van der Waals surface area contributed by atoms with E-state index in [1.54, 1.807) is 26.1 Å². The first-order valence-corrected chi connectivity index (χ1v) is 6.86. The van der Waals surface area contributed by atoms with Gasteiger partial charge in [-0.1, -0.05) is 13.8 Å². The maximum Gasteiger partial charge on any atom is 0.271 e. The lowest BCUT2D eigenvalue weighted by atomic mass is 9.95. The number of nitrogens with zero attached hydrogens (tertiary/aromatic N) is 2. The second-order valence-corrected chi connectivity index (χ2v) is 5.67. The number of nitrogens with one attached hydrogen (secondary N) is 2. The van der Waals surface area contributed by atoms with E-state index in [1.165, 1.54) is 0 Å². The molecule has 0 radical (unpaired) electrons. The zero-order chi connectivity index (χ0) is 15.2. The molecule has 20 heavy (non-hydrogen) atoms. The molecule has 1 aromatic heterocycles. The zero-order valence-corrected chi connectivity index (χ0v) is 12.6. The number of rotatable bonds is 7. The summed E-state index contributed by atoms with van der Waals surface area (Å²) in [4.78, 5) is 11.3. The highest BCUT2D eigenvalue weighted by atomic mass is 16.3. The second-order valence-electron chi connectivity index (χ2n) is 5.67. The van der Waals surface area contributed by atoms with Crippen molar-refractivity contribution in [3.63, 3.8) is 0 Å². The van der Waals surface area contributed by atoms with Crippen molar-refractivity contribution in [3.8, 4) is 0 Å². The maximum absolute atomic E-state index is 11.3. The number of hydrogen-bond donors (Lipinski definition) is 3. The minimum absolute atomic E-state index is 0.268. The van der Waals surface area contributed by atoms with Crippen molar-refractivity contribution in [1.82, 2.24) is 15.5 Å². The summed E-state index contributed by atoms with van der Waals surface area (Å²) in [7, 11) is 1.54. The summed E-state index contributed by atoms with van der Waals surface area (Å²) in [6.07, 6.45) is 1.69. The van der Waals surface area contributed by atoms with Gasteiger partial charge in [-0.2, -0.15) is 0 Å². The highest BCUT2D eigenvalue weighted by Crippen LogP contribution is 2.17. The van der Waals surface area contributed by atoms with Crippen LogP contribution in [0.25, 0.3) is 0 Å². The van der Waals surface area contributed by atoms with E-state index in [0.717, 1.165) is 12.8 Å². The average Bonchev–Trinajstić information content (AvgIpc) is 2.43. The zero-order valence-electron chi connectivity index (χ0n) is 12.6. The lowest BCUT2D eigenvalue weighted by Crippen LogP contribution is -2.34. The van der Waals surface area contributed by atoms with Crippen molar-refractivity contribution in [3.05, 3.63) is 17.8 Å². The van der Waals surface area contributed by atoms with Gasteiger partial charge >= 0.3 is 0 Å². The van der Waals surface area contributed by atoms with Gasteiger partial charge in [0.05, 0.1) is 5.60 Å². The molecule has 0 saturated carbocycles. The molecule has 0 saturated heterocycles. The maximum atomic E-state index is 11.3. The predicted molar refractivity (Wildman–Crippen MR) is 78.6 cm³/mol. The Morgan fingerprint density at radius 1 is 1.40 bits per heavy atom. The minimum Gasteiger partial charge on any atom is -0.388 e. The lowest BCUT2D eigenvalue weighted by Gasteiger charge is -2.24. The summed E-state index contributed by atoms with van der Waals surface area (Å²) in [5, 5.41) is 23.5. The van der Waals surface area contributed by atoms with Crippen LogP contribution in [0.5, 0.6) is 0 Å². The van der Waals surface area contributed by atoms with Gasteiger partial charge in [-0.25, -0.2) is 0 Å². The molecule has 112 valence electrons. The van der Waals surface area contributed by atoms with Gasteiger partial charge in [0.1, 0.15) is 5.82 Å². The van der Waals surface area contributed by atoms with Crippen molar-refractivity contribution in [2.24, 2.45) is 5.92 Å². The number of carbonyl (C=O) groups excluding carboxylic acids is 1. The van der Waals surface area contributed by atoms with Crippen LogP contribution in [0.3, 0.4) is 0 Å². The molecule has 1 atom stereocenters. The van der Waals surface area contributed by atoms with Crippen molar-refractivity contribution in [1.29, 1.82) is 0 Å². The topological polar surface area (TPSA) is 87.1 Å². The van der Waals surface area contributed by atoms with Crippen LogP contribution in [0.4, 0.5) is 5.82 Å². The quantitative estimate of drug-likeness (QED) is 0.703. The van der Waals surface area contributed by atoms with Crippen LogP contribution in [-0.2, 0) is 0 Å². The van der Waals surface area contributed by atoms with E-state index in [9.17, 15) is 9.90 Å². The molecule has 0 aliphatic carbocycles. The monoisotopic (exact) mass is 280 g/mol. The fourth-order valence-electron chi connectivity index (χ4n) is 1.64. The average molecular weight is 280 g/mol. The molecule has 0 fully saturated rings. The van der Waals surface area contributed by atoms with Gasteiger partial charge in [-0.05, 0) is 37.8 Å². The van der Waals surface area contributed by atoms with Crippen molar-refractivity contribution < 1.29 is 9.90 Å². The molecule has 6 heteroatoms. The van der Waals surface area contributed by atoms with Crippen LogP contribution in [0.1, 0.15) is 44.1 Å². The number of amides is 1. The van der Waals surface area contributed by atoms with Crippen LogP contribution in [0.15, 0.2) is 12.1 Å². The summed E-state index contributed by atoms with van der Waals surface area (Å²) in [6.45, 7) is 6.46. The summed E-state index contributed by atoms with van der Waals surface area (Å²) >= 11 is 0. The Hall–Kier alpha value is -1.69. The number of aromatic nitrogens is 2. The second kappa shape index (κ2) is 7.19. The van der Waals surface area contributed by atoms with E-state index in [-0.39, 0.29) is 11.6 Å². The smallest absolute Gasteiger partial charge is 0.271 e. The highest BCUT2D eigenvalue weighted by Gasteiger charge is 2.20. The van der Waals surface area contributed by atoms with Crippen molar-refractivity contribution >= 4 is 11.7 Å². The van der Waals surface area contributed by atoms with E-state index in [0.29, 0.717) is 18.3 Å². The van der Waals surface area contributed by atoms with Gasteiger partial charge in [0.2, 0.25) is 0 Å². The minimum atomic E-state index is -0.786. The Morgan fingerprint density at radius 3 is 2.60 bits per heavy atom. The molecular formula is C14H24N4O2. The third-order valence-corrected chi connectivity index (χ3v) is 3.03. The normalized spacial score (nSPS) is 13.9.